The minimum Gasteiger partial charge on any atom is -0.478 e. The number of carboxylic acids is 1. The molecule has 1 aromatic rings. The molecule has 0 spiro atoms. The maximum absolute atomic E-state index is 12.3. The Hall–Kier alpha value is -2.63. The number of nitrogens with zero attached hydrogens (tertiary/aromatic N) is 1. The Morgan fingerprint density at radius 2 is 1.91 bits per heavy atom. The van der Waals surface area contributed by atoms with E-state index >= 15 is 0 Å². The van der Waals surface area contributed by atoms with Crippen molar-refractivity contribution in [2.75, 3.05) is 6.54 Å². The molecule has 2 amide bonds. The molecule has 6 nitrogen and oxygen atoms in total. The number of carbonyl (C=O) groups is 3. The molecule has 3 N–H and O–H groups in total. The minimum atomic E-state index is -0.987. The molecule has 0 radical (unpaired) electrons. The number of hydrogen-bond donors (Lipinski definition) is 2. The van der Waals surface area contributed by atoms with Gasteiger partial charge < -0.3 is 15.7 Å². The van der Waals surface area contributed by atoms with E-state index in [4.69, 9.17) is 10.8 Å². The van der Waals surface area contributed by atoms with Gasteiger partial charge in [0.1, 0.15) is 0 Å². The van der Waals surface area contributed by atoms with Crippen molar-refractivity contribution >= 4 is 23.9 Å². The highest BCUT2D eigenvalue weighted by Crippen LogP contribution is 2.20. The lowest BCUT2D eigenvalue weighted by Gasteiger charge is -2.34. The molecule has 1 aromatic carbocycles. The molecule has 1 aliphatic heterocycles. The van der Waals surface area contributed by atoms with E-state index in [1.54, 1.807) is 23.1 Å². The summed E-state index contributed by atoms with van der Waals surface area (Å²) in [6.45, 7) is 0.624. The molecule has 122 valence electrons. The average Bonchev–Trinajstić information content (AvgIpc) is 2.53. The zero-order valence-corrected chi connectivity index (χ0v) is 12.8. The number of benzene rings is 1. The van der Waals surface area contributed by atoms with Crippen molar-refractivity contribution in [2.45, 2.75) is 31.7 Å². The number of likely N-dealkylation sites (tertiary alicyclic amines) is 1. The van der Waals surface area contributed by atoms with Gasteiger partial charge in [0.25, 0.3) is 0 Å². The monoisotopic (exact) mass is 316 g/mol. The average molecular weight is 316 g/mol. The molecule has 0 saturated carbocycles. The Morgan fingerprint density at radius 3 is 2.52 bits per heavy atom. The second-order valence-corrected chi connectivity index (χ2v) is 5.61. The largest absolute Gasteiger partial charge is 0.478 e. The molecule has 0 aromatic heterocycles. The number of primary amides is 1. The molecule has 0 aliphatic carbocycles. The molecule has 1 aliphatic rings. The molecular formula is C17H20N2O4. The van der Waals surface area contributed by atoms with Gasteiger partial charge in [-0.25, -0.2) is 4.79 Å². The molecule has 1 heterocycles. The molecular weight excluding hydrogens is 296 g/mol. The number of hydrogen-bond acceptors (Lipinski definition) is 3. The van der Waals surface area contributed by atoms with Crippen LogP contribution in [-0.4, -0.2) is 40.4 Å². The highest BCUT2D eigenvalue weighted by atomic mass is 16.4. The van der Waals surface area contributed by atoms with Gasteiger partial charge in [0, 0.05) is 25.1 Å². The fourth-order valence-corrected chi connectivity index (χ4v) is 2.74. The van der Waals surface area contributed by atoms with E-state index in [9.17, 15) is 14.4 Å². The second kappa shape index (κ2) is 7.58. The van der Waals surface area contributed by atoms with Crippen molar-refractivity contribution in [2.24, 2.45) is 5.73 Å². The first-order chi connectivity index (χ1) is 11.0. The fraction of sp³-hybridized carbons (Fsp3) is 0.353. The molecule has 1 atom stereocenters. The van der Waals surface area contributed by atoms with Crippen LogP contribution in [0.5, 0.6) is 0 Å². The van der Waals surface area contributed by atoms with Crippen LogP contribution in [0, 0.1) is 0 Å². The lowest BCUT2D eigenvalue weighted by atomic mass is 9.99. The number of carboxylic acid groups (broad SMARTS) is 1. The molecule has 1 fully saturated rings. The predicted molar refractivity (Wildman–Crippen MR) is 85.6 cm³/mol. The summed E-state index contributed by atoms with van der Waals surface area (Å²) in [7, 11) is 0. The minimum absolute atomic E-state index is 0.132. The summed E-state index contributed by atoms with van der Waals surface area (Å²) >= 11 is 0. The number of amides is 2. The summed E-state index contributed by atoms with van der Waals surface area (Å²) in [5, 5.41) is 8.85. The van der Waals surface area contributed by atoms with Crippen LogP contribution in [0.15, 0.2) is 30.3 Å². The first-order valence-corrected chi connectivity index (χ1v) is 7.57. The maximum Gasteiger partial charge on any atom is 0.335 e. The van der Waals surface area contributed by atoms with E-state index < -0.39 is 11.9 Å². The lowest BCUT2D eigenvalue weighted by Crippen LogP contribution is -2.44. The van der Waals surface area contributed by atoms with E-state index in [-0.39, 0.29) is 23.9 Å². The van der Waals surface area contributed by atoms with Crippen LogP contribution in [0.4, 0.5) is 0 Å². The Bertz CT molecular complexity index is 622. The first kappa shape index (κ1) is 16.7. The van der Waals surface area contributed by atoms with E-state index in [0.29, 0.717) is 6.54 Å². The van der Waals surface area contributed by atoms with E-state index in [1.165, 1.54) is 18.2 Å². The first-order valence-electron chi connectivity index (χ1n) is 7.57. The van der Waals surface area contributed by atoms with Crippen LogP contribution in [0.3, 0.4) is 0 Å². The Balaban J connectivity index is 2.03. The van der Waals surface area contributed by atoms with Gasteiger partial charge in [-0.1, -0.05) is 12.1 Å². The van der Waals surface area contributed by atoms with Gasteiger partial charge in [-0.3, -0.25) is 9.59 Å². The summed E-state index contributed by atoms with van der Waals surface area (Å²) in [5.74, 6) is -1.54. The zero-order valence-electron chi connectivity index (χ0n) is 12.8. The Kier molecular flexibility index (Phi) is 5.51. The molecule has 1 unspecified atom stereocenters. The molecule has 1 saturated heterocycles. The third-order valence-electron chi connectivity index (χ3n) is 3.92. The third kappa shape index (κ3) is 4.67. The van der Waals surface area contributed by atoms with Crippen molar-refractivity contribution in [3.8, 4) is 0 Å². The van der Waals surface area contributed by atoms with Gasteiger partial charge in [0.05, 0.1) is 5.56 Å². The highest BCUT2D eigenvalue weighted by Gasteiger charge is 2.26. The van der Waals surface area contributed by atoms with Gasteiger partial charge in [0.15, 0.2) is 0 Å². The van der Waals surface area contributed by atoms with Crippen LogP contribution in [0.2, 0.25) is 0 Å². The van der Waals surface area contributed by atoms with Crippen molar-refractivity contribution in [3.63, 3.8) is 0 Å². The van der Waals surface area contributed by atoms with Gasteiger partial charge in [-0.2, -0.15) is 0 Å². The van der Waals surface area contributed by atoms with Gasteiger partial charge >= 0.3 is 5.97 Å². The SMILES string of the molecule is NC(=O)CC1CCCCN1C(=O)/C=C/c1ccc(C(=O)O)cc1. The maximum atomic E-state index is 12.3. The van der Waals surface area contributed by atoms with Crippen LogP contribution in [-0.2, 0) is 9.59 Å². The normalized spacial score (nSPS) is 18.1. The second-order valence-electron chi connectivity index (χ2n) is 5.61. The Labute approximate surface area is 134 Å². The van der Waals surface area contributed by atoms with Crippen molar-refractivity contribution in [3.05, 3.63) is 41.5 Å². The zero-order chi connectivity index (χ0) is 16.8. The summed E-state index contributed by atoms with van der Waals surface area (Å²) in [6, 6.07) is 6.13. The fourth-order valence-electron chi connectivity index (χ4n) is 2.74. The third-order valence-corrected chi connectivity index (χ3v) is 3.92. The van der Waals surface area contributed by atoms with E-state index in [2.05, 4.69) is 0 Å². The summed E-state index contributed by atoms with van der Waals surface area (Å²) in [6.07, 6.45) is 5.98. The van der Waals surface area contributed by atoms with E-state index in [0.717, 1.165) is 24.8 Å². The number of piperidine rings is 1. The predicted octanol–water partition coefficient (Wildman–Crippen LogP) is 1.65. The topological polar surface area (TPSA) is 101 Å². The number of aromatic carboxylic acids is 1. The Morgan fingerprint density at radius 1 is 1.22 bits per heavy atom. The van der Waals surface area contributed by atoms with E-state index in [1.807, 2.05) is 0 Å². The van der Waals surface area contributed by atoms with Crippen LogP contribution < -0.4 is 5.73 Å². The molecule has 0 bridgehead atoms. The number of carbonyl (C=O) groups excluding carboxylic acids is 2. The number of rotatable bonds is 5. The quantitative estimate of drug-likeness (QED) is 0.807. The highest BCUT2D eigenvalue weighted by molar-refractivity contribution is 5.93. The smallest absolute Gasteiger partial charge is 0.335 e. The van der Waals surface area contributed by atoms with Crippen molar-refractivity contribution in [1.29, 1.82) is 0 Å². The van der Waals surface area contributed by atoms with Crippen molar-refractivity contribution < 1.29 is 19.5 Å². The summed E-state index contributed by atoms with van der Waals surface area (Å²) < 4.78 is 0. The summed E-state index contributed by atoms with van der Waals surface area (Å²) in [4.78, 5) is 35.9. The van der Waals surface area contributed by atoms with Crippen LogP contribution in [0.25, 0.3) is 6.08 Å². The molecule has 2 rings (SSSR count). The summed E-state index contributed by atoms with van der Waals surface area (Å²) in [5.41, 5.74) is 6.19. The van der Waals surface area contributed by atoms with Gasteiger partial charge in [-0.05, 0) is 43.0 Å². The van der Waals surface area contributed by atoms with Gasteiger partial charge in [0.2, 0.25) is 11.8 Å². The van der Waals surface area contributed by atoms with Crippen LogP contribution in [0.1, 0.15) is 41.6 Å². The van der Waals surface area contributed by atoms with Crippen LogP contribution >= 0.6 is 0 Å². The standard InChI is InChI=1S/C17H20N2O4/c18-15(20)11-14-3-1-2-10-19(14)16(21)9-6-12-4-7-13(8-5-12)17(22)23/h4-9,14H,1-3,10-11H2,(H2,18,20)(H,22,23)/b9-6+. The molecule has 6 heteroatoms. The lowest BCUT2D eigenvalue weighted by molar-refractivity contribution is -0.130. The van der Waals surface area contributed by atoms with Gasteiger partial charge in [-0.15, -0.1) is 0 Å². The number of nitrogens with two attached hydrogens (primary N) is 1. The molecule has 23 heavy (non-hydrogen) atoms. The van der Waals surface area contributed by atoms with Crippen molar-refractivity contribution in [1.82, 2.24) is 4.90 Å².